The van der Waals surface area contributed by atoms with Crippen molar-refractivity contribution in [3.05, 3.63) is 23.3 Å². The number of aryl methyl sites for hydroxylation is 1. The lowest BCUT2D eigenvalue weighted by atomic mass is 9.50. The van der Waals surface area contributed by atoms with Crippen LogP contribution in [-0.4, -0.2) is 28.2 Å². The Hall–Kier alpha value is -1.31. The second kappa shape index (κ2) is 8.32. The maximum atomic E-state index is 11.5. The highest BCUT2D eigenvalue weighted by molar-refractivity contribution is 7.84. The van der Waals surface area contributed by atoms with Crippen LogP contribution in [0.25, 0.3) is 0 Å². The van der Waals surface area contributed by atoms with Crippen LogP contribution >= 0.6 is 0 Å². The van der Waals surface area contributed by atoms with Crippen LogP contribution in [0.4, 0.5) is 0 Å². The zero-order valence-corrected chi connectivity index (χ0v) is 19.2. The molecule has 1 aromatic rings. The van der Waals surface area contributed by atoms with Gasteiger partial charge in [0.05, 0.1) is 13.2 Å². The molecule has 0 aromatic heterocycles. The molecule has 7 heteroatoms. The van der Waals surface area contributed by atoms with E-state index in [1.165, 1.54) is 38.4 Å². The first-order valence-electron chi connectivity index (χ1n) is 11.3. The summed E-state index contributed by atoms with van der Waals surface area (Å²) in [6.07, 6.45) is 9.51. The van der Waals surface area contributed by atoms with Crippen LogP contribution < -0.4 is 14.1 Å². The maximum Gasteiger partial charge on any atom is 0.380 e. The molecule has 5 atom stereocenters. The third-order valence-corrected chi connectivity index (χ3v) is 8.30. The van der Waals surface area contributed by atoms with E-state index >= 15 is 0 Å². The van der Waals surface area contributed by atoms with E-state index in [1.54, 1.807) is 0 Å². The minimum atomic E-state index is -4.09. The third kappa shape index (κ3) is 3.96. The van der Waals surface area contributed by atoms with Crippen molar-refractivity contribution in [1.29, 1.82) is 0 Å². The lowest BCUT2D eigenvalue weighted by Gasteiger charge is -2.57. The highest BCUT2D eigenvalue weighted by atomic mass is 32.2. The number of hydrogen-bond acceptors (Lipinski definition) is 5. The van der Waals surface area contributed by atoms with Crippen LogP contribution in [0, 0.1) is 17.3 Å². The van der Waals surface area contributed by atoms with Gasteiger partial charge in [-0.05, 0) is 91.4 Å². The first-order valence-corrected chi connectivity index (χ1v) is 12.8. The van der Waals surface area contributed by atoms with Crippen molar-refractivity contribution in [2.75, 3.05) is 13.7 Å². The van der Waals surface area contributed by atoms with Gasteiger partial charge in [0.2, 0.25) is 0 Å². The monoisotopic (exact) mass is 437 g/mol. The van der Waals surface area contributed by atoms with Gasteiger partial charge in [0.15, 0.2) is 11.5 Å². The van der Waals surface area contributed by atoms with Crippen LogP contribution in [-0.2, 0) is 21.5 Å². The van der Waals surface area contributed by atoms with Crippen LogP contribution in [0.3, 0.4) is 0 Å². The Kier molecular flexibility index (Phi) is 6.08. The smallest absolute Gasteiger partial charge is 0.380 e. The molecule has 0 aliphatic heterocycles. The Labute approximate surface area is 180 Å². The predicted octanol–water partition coefficient (Wildman–Crippen LogP) is 4.32. The van der Waals surface area contributed by atoms with E-state index in [2.05, 4.69) is 13.8 Å². The van der Waals surface area contributed by atoms with Crippen molar-refractivity contribution in [1.82, 2.24) is 0 Å². The zero-order chi connectivity index (χ0) is 21.5. The topological polar surface area (TPSA) is 87.9 Å². The molecule has 6 nitrogen and oxygen atoms in total. The van der Waals surface area contributed by atoms with Crippen molar-refractivity contribution in [2.24, 2.45) is 22.4 Å². The molecule has 0 amide bonds. The quantitative estimate of drug-likeness (QED) is 0.716. The fourth-order valence-corrected chi connectivity index (χ4v) is 6.99. The lowest BCUT2D eigenvalue weighted by Crippen LogP contribution is -2.52. The lowest BCUT2D eigenvalue weighted by molar-refractivity contribution is -0.128. The van der Waals surface area contributed by atoms with Gasteiger partial charge in [-0.3, -0.25) is 0 Å². The summed E-state index contributed by atoms with van der Waals surface area (Å²) in [6.45, 7) is 5.50. The number of rotatable bonds is 6. The standard InChI is InChI=1S/C23H35NO5S/c1-4-12-28-22-7-5-6-19-17-9-8-15-13-21(29-30(24,25)26)20(27-3)14-18(15)16(17)10-11-23(19,22)2/h13-14,16-17,19,22H,4-12H2,1-3H3,(H2,24,25,26)/t16?,17?,19?,22-,23-/m0/s1. The number of methoxy groups -OCH3 is 1. The number of nitrogens with two attached hydrogens (primary N) is 1. The van der Waals surface area contributed by atoms with Gasteiger partial charge in [-0.25, -0.2) is 0 Å². The van der Waals surface area contributed by atoms with Gasteiger partial charge in [-0.15, -0.1) is 0 Å². The molecule has 3 aliphatic rings. The molecule has 2 N–H and O–H groups in total. The van der Waals surface area contributed by atoms with Crippen LogP contribution in [0.2, 0.25) is 0 Å². The molecule has 3 unspecified atom stereocenters. The van der Waals surface area contributed by atoms with Crippen LogP contribution in [0.5, 0.6) is 11.5 Å². The molecule has 0 radical (unpaired) electrons. The van der Waals surface area contributed by atoms with Crippen molar-refractivity contribution < 1.29 is 22.1 Å². The number of hydrogen-bond donors (Lipinski definition) is 1. The van der Waals surface area contributed by atoms with Gasteiger partial charge >= 0.3 is 10.3 Å². The first-order chi connectivity index (χ1) is 14.3. The molecular weight excluding hydrogens is 402 g/mol. The van der Waals surface area contributed by atoms with E-state index < -0.39 is 10.3 Å². The van der Waals surface area contributed by atoms with Gasteiger partial charge < -0.3 is 13.7 Å². The summed E-state index contributed by atoms with van der Waals surface area (Å²) in [4.78, 5) is 0. The first kappa shape index (κ1) is 21.9. The Bertz CT molecular complexity index is 886. The summed E-state index contributed by atoms with van der Waals surface area (Å²) >= 11 is 0. The minimum Gasteiger partial charge on any atom is -0.493 e. The Morgan fingerprint density at radius 1 is 1.17 bits per heavy atom. The Morgan fingerprint density at radius 3 is 2.67 bits per heavy atom. The van der Waals surface area contributed by atoms with E-state index in [0.29, 0.717) is 29.6 Å². The van der Waals surface area contributed by atoms with Crippen molar-refractivity contribution in [2.45, 2.75) is 77.2 Å². The maximum absolute atomic E-state index is 11.5. The molecular formula is C23H35NO5S. The second-order valence-corrected chi connectivity index (χ2v) is 10.7. The summed E-state index contributed by atoms with van der Waals surface area (Å²) in [5.74, 6) is 2.41. The molecule has 30 heavy (non-hydrogen) atoms. The molecule has 0 heterocycles. The van der Waals surface area contributed by atoms with Gasteiger partial charge in [-0.1, -0.05) is 20.3 Å². The van der Waals surface area contributed by atoms with Crippen molar-refractivity contribution in [3.63, 3.8) is 0 Å². The van der Waals surface area contributed by atoms with Gasteiger partial charge in [-0.2, -0.15) is 13.6 Å². The van der Waals surface area contributed by atoms with Crippen molar-refractivity contribution >= 4 is 10.3 Å². The SMILES string of the molecule is CCCO[C@H]1CCCC2C3CCc4cc(OS(N)(=O)=O)c(OC)cc4C3CC[C@@]21C. The highest BCUT2D eigenvalue weighted by Crippen LogP contribution is 2.60. The van der Waals surface area contributed by atoms with Crippen molar-refractivity contribution in [3.8, 4) is 11.5 Å². The molecule has 2 saturated carbocycles. The number of ether oxygens (including phenoxy) is 2. The summed E-state index contributed by atoms with van der Waals surface area (Å²) in [5, 5.41) is 5.09. The fourth-order valence-electron chi connectivity index (χ4n) is 6.61. The normalized spacial score (nSPS) is 33.2. The van der Waals surface area contributed by atoms with E-state index in [9.17, 15) is 8.42 Å². The number of benzene rings is 1. The highest BCUT2D eigenvalue weighted by Gasteiger charge is 2.53. The van der Waals surface area contributed by atoms with E-state index in [1.807, 2.05) is 12.1 Å². The molecule has 2 fully saturated rings. The van der Waals surface area contributed by atoms with E-state index in [4.69, 9.17) is 18.8 Å². The molecule has 0 spiro atoms. The van der Waals surface area contributed by atoms with Gasteiger partial charge in [0.25, 0.3) is 0 Å². The Balaban J connectivity index is 1.64. The average molecular weight is 438 g/mol. The van der Waals surface area contributed by atoms with Gasteiger partial charge in [0.1, 0.15) is 0 Å². The van der Waals surface area contributed by atoms with Gasteiger partial charge in [0, 0.05) is 6.61 Å². The molecule has 0 saturated heterocycles. The average Bonchev–Trinajstić information content (AvgIpc) is 2.70. The molecule has 0 bridgehead atoms. The largest absolute Gasteiger partial charge is 0.493 e. The summed E-state index contributed by atoms with van der Waals surface area (Å²) < 4.78 is 39.7. The van der Waals surface area contributed by atoms with E-state index in [-0.39, 0.29) is 11.2 Å². The van der Waals surface area contributed by atoms with E-state index in [0.717, 1.165) is 37.9 Å². The van der Waals surface area contributed by atoms with Crippen LogP contribution in [0.1, 0.15) is 75.8 Å². The summed E-state index contributed by atoms with van der Waals surface area (Å²) in [7, 11) is -2.56. The Morgan fingerprint density at radius 2 is 1.97 bits per heavy atom. The molecule has 4 rings (SSSR count). The van der Waals surface area contributed by atoms with Crippen LogP contribution in [0.15, 0.2) is 12.1 Å². The minimum absolute atomic E-state index is 0.184. The molecule has 1 aromatic carbocycles. The molecule has 168 valence electrons. The predicted molar refractivity (Wildman–Crippen MR) is 116 cm³/mol. The summed E-state index contributed by atoms with van der Waals surface area (Å²) in [6, 6.07) is 3.81. The summed E-state index contributed by atoms with van der Waals surface area (Å²) in [5.41, 5.74) is 2.71. The number of fused-ring (bicyclic) bond motifs is 5. The second-order valence-electron chi connectivity index (χ2n) is 9.53. The third-order valence-electron chi connectivity index (χ3n) is 7.89. The zero-order valence-electron chi connectivity index (χ0n) is 18.4. The fraction of sp³-hybridized carbons (Fsp3) is 0.739. The molecule has 3 aliphatic carbocycles.